The third kappa shape index (κ3) is 4.31. The monoisotopic (exact) mass is 144 g/mol. The molecule has 2 nitrogen and oxygen atoms in total. The van der Waals surface area contributed by atoms with Gasteiger partial charge in [0.15, 0.2) is 0 Å². The highest BCUT2D eigenvalue weighted by atomic mass is 32.1. The van der Waals surface area contributed by atoms with E-state index >= 15 is 0 Å². The molecule has 9 heavy (non-hydrogen) atoms. The van der Waals surface area contributed by atoms with Crippen molar-refractivity contribution in [1.82, 2.24) is 0 Å². The highest BCUT2D eigenvalue weighted by molar-refractivity contribution is 7.82. The van der Waals surface area contributed by atoms with E-state index in [4.69, 9.17) is 11.0 Å². The maximum Gasteiger partial charge on any atom is 0.0967 e. The van der Waals surface area contributed by atoms with Crippen molar-refractivity contribution in [2.45, 2.75) is 24.5 Å². The molecule has 0 rings (SSSR count). The zero-order valence-corrected chi connectivity index (χ0v) is 6.49. The zero-order valence-electron chi connectivity index (χ0n) is 5.59. The number of rotatable bonds is 3. The molecule has 0 saturated heterocycles. The van der Waals surface area contributed by atoms with Crippen LogP contribution in [0.1, 0.15) is 19.8 Å². The molecule has 0 aliphatic rings. The van der Waals surface area contributed by atoms with Crippen molar-refractivity contribution in [3.8, 4) is 6.07 Å². The van der Waals surface area contributed by atoms with Crippen molar-refractivity contribution in [3.05, 3.63) is 0 Å². The minimum absolute atomic E-state index is 0.487. The summed E-state index contributed by atoms with van der Waals surface area (Å²) in [4.78, 5) is 0. The fraction of sp³-hybridized carbons (Fsp3) is 0.833. The molecular weight excluding hydrogens is 132 g/mol. The molecule has 0 bridgehead atoms. The van der Waals surface area contributed by atoms with E-state index < -0.39 is 4.75 Å². The van der Waals surface area contributed by atoms with Gasteiger partial charge in [-0.15, -0.1) is 0 Å². The predicted octanol–water partition coefficient (Wildman–Crippen LogP) is 0.937. The van der Waals surface area contributed by atoms with Gasteiger partial charge in [-0.25, -0.2) is 0 Å². The highest BCUT2D eigenvalue weighted by Crippen LogP contribution is 2.17. The van der Waals surface area contributed by atoms with Crippen molar-refractivity contribution in [2.75, 3.05) is 6.54 Å². The Bertz CT molecular complexity index is 115. The van der Waals surface area contributed by atoms with Crippen LogP contribution in [0.4, 0.5) is 0 Å². The number of nitrogens with two attached hydrogens (primary N) is 1. The minimum Gasteiger partial charge on any atom is -0.330 e. The first kappa shape index (κ1) is 8.80. The van der Waals surface area contributed by atoms with Gasteiger partial charge in [0.2, 0.25) is 0 Å². The molecule has 0 aliphatic carbocycles. The number of thiol groups is 1. The lowest BCUT2D eigenvalue weighted by atomic mass is 10.1. The lowest BCUT2D eigenvalue weighted by molar-refractivity contribution is 0.667. The summed E-state index contributed by atoms with van der Waals surface area (Å²) < 4.78 is -0.487. The van der Waals surface area contributed by atoms with Crippen LogP contribution >= 0.6 is 12.6 Å². The highest BCUT2D eigenvalue weighted by Gasteiger charge is 2.15. The van der Waals surface area contributed by atoms with Crippen molar-refractivity contribution in [3.63, 3.8) is 0 Å². The van der Waals surface area contributed by atoms with E-state index in [2.05, 4.69) is 18.7 Å². The van der Waals surface area contributed by atoms with Gasteiger partial charge in [-0.3, -0.25) is 0 Å². The molecule has 0 aliphatic heterocycles. The van der Waals surface area contributed by atoms with Crippen LogP contribution in [-0.2, 0) is 0 Å². The molecule has 0 heterocycles. The molecule has 0 saturated carbocycles. The van der Waals surface area contributed by atoms with Crippen molar-refractivity contribution >= 4 is 12.6 Å². The van der Waals surface area contributed by atoms with Crippen LogP contribution in [0.15, 0.2) is 0 Å². The Balaban J connectivity index is 3.49. The van der Waals surface area contributed by atoms with Crippen molar-refractivity contribution < 1.29 is 0 Å². The van der Waals surface area contributed by atoms with E-state index in [1.165, 1.54) is 0 Å². The smallest absolute Gasteiger partial charge is 0.0967 e. The average Bonchev–Trinajstić information content (AvgIpc) is 1.84. The van der Waals surface area contributed by atoms with Gasteiger partial charge in [-0.05, 0) is 26.3 Å². The van der Waals surface area contributed by atoms with E-state index in [1.54, 1.807) is 6.92 Å². The Morgan fingerprint density at radius 2 is 2.33 bits per heavy atom. The van der Waals surface area contributed by atoms with Crippen molar-refractivity contribution in [2.24, 2.45) is 5.73 Å². The summed E-state index contributed by atoms with van der Waals surface area (Å²) >= 11 is 4.10. The number of nitriles is 1. The van der Waals surface area contributed by atoms with E-state index in [1.807, 2.05) is 0 Å². The zero-order chi connectivity index (χ0) is 7.33. The molecule has 1 unspecified atom stereocenters. The molecule has 0 spiro atoms. The van der Waals surface area contributed by atoms with Crippen LogP contribution in [0.2, 0.25) is 0 Å². The van der Waals surface area contributed by atoms with Crippen LogP contribution in [0, 0.1) is 11.3 Å². The van der Waals surface area contributed by atoms with Crippen LogP contribution in [0.25, 0.3) is 0 Å². The van der Waals surface area contributed by atoms with Gasteiger partial charge < -0.3 is 5.73 Å². The van der Waals surface area contributed by atoms with Gasteiger partial charge in [0.1, 0.15) is 0 Å². The first-order valence-electron chi connectivity index (χ1n) is 2.96. The lowest BCUT2D eigenvalue weighted by Crippen LogP contribution is -2.15. The standard InChI is InChI=1S/C6H12N2S/c1-6(9,5-8)3-2-4-7/h9H,2-4,7H2,1H3. The van der Waals surface area contributed by atoms with E-state index in [9.17, 15) is 0 Å². The summed E-state index contributed by atoms with van der Waals surface area (Å²) in [5, 5.41) is 8.45. The molecular formula is C6H12N2S. The van der Waals surface area contributed by atoms with Gasteiger partial charge in [0.05, 0.1) is 10.8 Å². The van der Waals surface area contributed by atoms with Gasteiger partial charge in [0.25, 0.3) is 0 Å². The molecule has 0 aromatic carbocycles. The molecule has 0 aromatic heterocycles. The van der Waals surface area contributed by atoms with Gasteiger partial charge >= 0.3 is 0 Å². The van der Waals surface area contributed by atoms with E-state index in [0.717, 1.165) is 12.8 Å². The van der Waals surface area contributed by atoms with Crippen LogP contribution in [0.5, 0.6) is 0 Å². The summed E-state index contributed by atoms with van der Waals surface area (Å²) in [5.74, 6) is 0. The Morgan fingerprint density at radius 3 is 2.67 bits per heavy atom. The van der Waals surface area contributed by atoms with Crippen LogP contribution in [-0.4, -0.2) is 11.3 Å². The second-order valence-corrected chi connectivity index (χ2v) is 3.26. The SMILES string of the molecule is CC(S)(C#N)CCCN. The summed E-state index contributed by atoms with van der Waals surface area (Å²) in [6.45, 7) is 2.43. The lowest BCUT2D eigenvalue weighted by Gasteiger charge is -2.11. The fourth-order valence-corrected chi connectivity index (χ4v) is 0.660. The molecule has 52 valence electrons. The maximum absolute atomic E-state index is 8.45. The molecule has 0 amide bonds. The van der Waals surface area contributed by atoms with Gasteiger partial charge in [-0.1, -0.05) is 0 Å². The molecule has 0 fully saturated rings. The summed E-state index contributed by atoms with van der Waals surface area (Å²) in [6, 6.07) is 2.08. The summed E-state index contributed by atoms with van der Waals surface area (Å²) in [7, 11) is 0. The number of hydrogen-bond acceptors (Lipinski definition) is 3. The second kappa shape index (κ2) is 3.76. The van der Waals surface area contributed by atoms with Crippen molar-refractivity contribution in [1.29, 1.82) is 5.26 Å². The molecule has 0 aromatic rings. The Hall–Kier alpha value is -0.200. The summed E-state index contributed by atoms with van der Waals surface area (Å²) in [6.07, 6.45) is 1.64. The van der Waals surface area contributed by atoms with E-state index in [0.29, 0.717) is 6.54 Å². The third-order valence-electron chi connectivity index (χ3n) is 1.11. The van der Waals surface area contributed by atoms with E-state index in [-0.39, 0.29) is 0 Å². The minimum atomic E-state index is -0.487. The third-order valence-corrected chi connectivity index (χ3v) is 1.43. The fourth-order valence-electron chi connectivity index (χ4n) is 0.502. The van der Waals surface area contributed by atoms with Gasteiger partial charge in [-0.2, -0.15) is 17.9 Å². The number of nitrogens with zero attached hydrogens (tertiary/aromatic N) is 1. The first-order chi connectivity index (χ1) is 4.12. The first-order valence-corrected chi connectivity index (χ1v) is 3.41. The largest absolute Gasteiger partial charge is 0.330 e. The molecule has 0 radical (unpaired) electrons. The predicted molar refractivity (Wildman–Crippen MR) is 41.3 cm³/mol. The average molecular weight is 144 g/mol. The second-order valence-electron chi connectivity index (χ2n) is 2.28. The maximum atomic E-state index is 8.45. The Kier molecular flexibility index (Phi) is 3.67. The Morgan fingerprint density at radius 1 is 1.78 bits per heavy atom. The molecule has 1 atom stereocenters. The molecule has 3 heteroatoms. The number of hydrogen-bond donors (Lipinski definition) is 2. The normalized spacial score (nSPS) is 16.2. The topological polar surface area (TPSA) is 49.8 Å². The molecule has 2 N–H and O–H groups in total. The van der Waals surface area contributed by atoms with Gasteiger partial charge in [0, 0.05) is 0 Å². The van der Waals surface area contributed by atoms with Crippen LogP contribution in [0.3, 0.4) is 0 Å². The quantitative estimate of drug-likeness (QED) is 0.579. The Labute approximate surface area is 61.5 Å². The summed E-state index contributed by atoms with van der Waals surface area (Å²) in [5.41, 5.74) is 5.25. The van der Waals surface area contributed by atoms with Crippen LogP contribution < -0.4 is 5.73 Å².